The third kappa shape index (κ3) is 3.94. The number of benzene rings is 2. The first-order valence-corrected chi connectivity index (χ1v) is 10.1. The van der Waals surface area contributed by atoms with Gasteiger partial charge in [0.05, 0.1) is 15.6 Å². The van der Waals surface area contributed by atoms with Gasteiger partial charge in [0.2, 0.25) is 10.0 Å². The number of piperazine rings is 1. The predicted molar refractivity (Wildman–Crippen MR) is 97.5 cm³/mol. The molecule has 10 heteroatoms. The Hall–Kier alpha value is -1.74. The molecule has 0 radical (unpaired) electrons. The minimum atomic E-state index is -3.95. The molecule has 1 heterocycles. The molecule has 3 rings (SSSR count). The Balaban J connectivity index is 1.77. The van der Waals surface area contributed by atoms with Crippen LogP contribution in [0.3, 0.4) is 0 Å². The first kappa shape index (κ1) is 20.0. The van der Waals surface area contributed by atoms with E-state index in [1.165, 1.54) is 23.1 Å². The zero-order valence-corrected chi connectivity index (χ0v) is 16.2. The average molecular weight is 435 g/mol. The van der Waals surface area contributed by atoms with Crippen molar-refractivity contribution >= 4 is 39.1 Å². The Morgan fingerprint density at radius 1 is 0.963 bits per heavy atom. The van der Waals surface area contributed by atoms with Gasteiger partial charge in [0.1, 0.15) is 16.5 Å². The average Bonchev–Trinajstić information content (AvgIpc) is 2.63. The van der Waals surface area contributed by atoms with Gasteiger partial charge in [0.25, 0.3) is 5.91 Å². The normalized spacial score (nSPS) is 15.8. The van der Waals surface area contributed by atoms with E-state index in [9.17, 15) is 22.0 Å². The number of rotatable bonds is 3. The third-order valence-corrected chi connectivity index (χ3v) is 7.06. The summed E-state index contributed by atoms with van der Waals surface area (Å²) in [5, 5.41) is 0.00526. The Bertz CT molecular complexity index is 973. The van der Waals surface area contributed by atoms with Crippen LogP contribution in [0.15, 0.2) is 41.3 Å². The van der Waals surface area contributed by atoms with E-state index in [0.717, 1.165) is 22.5 Å². The van der Waals surface area contributed by atoms with Crippen molar-refractivity contribution in [3.63, 3.8) is 0 Å². The van der Waals surface area contributed by atoms with Crippen LogP contribution >= 0.6 is 23.2 Å². The fourth-order valence-corrected chi connectivity index (χ4v) is 5.33. The molecule has 0 atom stereocenters. The Kier molecular flexibility index (Phi) is 5.71. The summed E-state index contributed by atoms with van der Waals surface area (Å²) in [6.45, 7) is 0.00525. The predicted octanol–water partition coefficient (Wildman–Crippen LogP) is 3.42. The maximum absolute atomic E-state index is 13.8. The fraction of sp³-hybridized carbons (Fsp3) is 0.235. The SMILES string of the molecule is O=C(c1cc(F)ccc1F)N1CCN(S(=O)(=O)c2c(Cl)cccc2Cl)CC1. The maximum Gasteiger partial charge on any atom is 0.257 e. The van der Waals surface area contributed by atoms with Crippen molar-refractivity contribution < 1.29 is 22.0 Å². The van der Waals surface area contributed by atoms with Crippen LogP contribution in [-0.2, 0) is 10.0 Å². The summed E-state index contributed by atoms with van der Waals surface area (Å²) in [6.07, 6.45) is 0. The van der Waals surface area contributed by atoms with Crippen LogP contribution < -0.4 is 0 Å². The summed E-state index contributed by atoms with van der Waals surface area (Å²) < 4.78 is 53.9. The molecule has 5 nitrogen and oxygen atoms in total. The number of carbonyl (C=O) groups is 1. The second-order valence-electron chi connectivity index (χ2n) is 5.87. The maximum atomic E-state index is 13.8. The molecule has 144 valence electrons. The van der Waals surface area contributed by atoms with Crippen molar-refractivity contribution in [3.05, 3.63) is 63.6 Å². The quantitative estimate of drug-likeness (QED) is 0.743. The highest BCUT2D eigenvalue weighted by Gasteiger charge is 2.33. The monoisotopic (exact) mass is 434 g/mol. The largest absolute Gasteiger partial charge is 0.336 e. The molecule has 0 aromatic heterocycles. The van der Waals surface area contributed by atoms with E-state index in [4.69, 9.17) is 23.2 Å². The molecule has 1 amide bonds. The standard InChI is InChI=1S/C17H14Cl2F2N2O3S/c18-13-2-1-3-14(19)16(13)27(25,26)23-8-6-22(7-9-23)17(24)12-10-11(20)4-5-15(12)21/h1-5,10H,6-9H2. The van der Waals surface area contributed by atoms with E-state index < -0.39 is 27.6 Å². The molecular formula is C17H14Cl2F2N2O3S. The molecule has 1 aliphatic heterocycles. The minimum Gasteiger partial charge on any atom is -0.336 e. The molecule has 0 aliphatic carbocycles. The lowest BCUT2D eigenvalue weighted by atomic mass is 10.1. The molecule has 0 saturated carbocycles. The van der Waals surface area contributed by atoms with Gasteiger partial charge < -0.3 is 4.90 Å². The topological polar surface area (TPSA) is 57.7 Å². The van der Waals surface area contributed by atoms with Gasteiger partial charge in [-0.05, 0) is 30.3 Å². The van der Waals surface area contributed by atoms with Crippen molar-refractivity contribution in [2.75, 3.05) is 26.2 Å². The first-order valence-electron chi connectivity index (χ1n) is 7.90. The molecular weight excluding hydrogens is 421 g/mol. The number of carbonyl (C=O) groups excluding carboxylic acids is 1. The molecule has 2 aromatic rings. The smallest absolute Gasteiger partial charge is 0.257 e. The van der Waals surface area contributed by atoms with Crippen LogP contribution in [0.4, 0.5) is 8.78 Å². The number of hydrogen-bond donors (Lipinski definition) is 0. The van der Waals surface area contributed by atoms with Gasteiger partial charge >= 0.3 is 0 Å². The molecule has 0 unspecified atom stereocenters. The van der Waals surface area contributed by atoms with Crippen LogP contribution in [0, 0.1) is 11.6 Å². The van der Waals surface area contributed by atoms with Crippen LogP contribution in [0.25, 0.3) is 0 Å². The number of amides is 1. The lowest BCUT2D eigenvalue weighted by molar-refractivity contribution is 0.0692. The van der Waals surface area contributed by atoms with Gasteiger partial charge in [-0.3, -0.25) is 4.79 Å². The summed E-state index contributed by atoms with van der Waals surface area (Å²) in [5.74, 6) is -2.26. The van der Waals surface area contributed by atoms with Crippen LogP contribution in [-0.4, -0.2) is 49.7 Å². The van der Waals surface area contributed by atoms with Crippen molar-refractivity contribution in [2.45, 2.75) is 4.90 Å². The second-order valence-corrected chi connectivity index (χ2v) is 8.56. The number of sulfonamides is 1. The zero-order chi connectivity index (χ0) is 19.8. The van der Waals surface area contributed by atoms with E-state index in [-0.39, 0.29) is 46.7 Å². The molecule has 1 fully saturated rings. The third-order valence-electron chi connectivity index (χ3n) is 4.20. The highest BCUT2D eigenvalue weighted by molar-refractivity contribution is 7.89. The Labute approximate surface area is 165 Å². The summed E-state index contributed by atoms with van der Waals surface area (Å²) in [7, 11) is -3.95. The highest BCUT2D eigenvalue weighted by Crippen LogP contribution is 2.32. The first-order chi connectivity index (χ1) is 12.7. The fourth-order valence-electron chi connectivity index (χ4n) is 2.82. The van der Waals surface area contributed by atoms with Crippen molar-refractivity contribution in [3.8, 4) is 0 Å². The lowest BCUT2D eigenvalue weighted by Crippen LogP contribution is -2.50. The van der Waals surface area contributed by atoms with Crippen molar-refractivity contribution in [2.24, 2.45) is 0 Å². The summed E-state index contributed by atoms with van der Waals surface area (Å²) in [5.41, 5.74) is -0.388. The van der Waals surface area contributed by atoms with Crippen molar-refractivity contribution in [1.29, 1.82) is 0 Å². The molecule has 1 aliphatic rings. The molecule has 2 aromatic carbocycles. The van der Waals surface area contributed by atoms with Gasteiger partial charge in [0.15, 0.2) is 0 Å². The Morgan fingerprint density at radius 3 is 2.15 bits per heavy atom. The summed E-state index contributed by atoms with van der Waals surface area (Å²) >= 11 is 12.0. The van der Waals surface area contributed by atoms with Crippen LogP contribution in [0.1, 0.15) is 10.4 Å². The molecule has 27 heavy (non-hydrogen) atoms. The molecule has 0 bridgehead atoms. The number of halogens is 4. The van der Waals surface area contributed by atoms with E-state index in [1.54, 1.807) is 0 Å². The van der Waals surface area contributed by atoms with Crippen molar-refractivity contribution in [1.82, 2.24) is 9.21 Å². The molecule has 0 N–H and O–H groups in total. The number of nitrogens with zero attached hydrogens (tertiary/aromatic N) is 2. The lowest BCUT2D eigenvalue weighted by Gasteiger charge is -2.34. The number of hydrogen-bond acceptors (Lipinski definition) is 3. The second kappa shape index (κ2) is 7.71. The van der Waals surface area contributed by atoms with E-state index in [0.29, 0.717) is 0 Å². The Morgan fingerprint density at radius 2 is 1.56 bits per heavy atom. The summed E-state index contributed by atoms with van der Waals surface area (Å²) in [6, 6.07) is 7.00. The van der Waals surface area contributed by atoms with E-state index in [2.05, 4.69) is 0 Å². The van der Waals surface area contributed by atoms with Crippen LogP contribution in [0.5, 0.6) is 0 Å². The van der Waals surface area contributed by atoms with E-state index >= 15 is 0 Å². The minimum absolute atomic E-state index is 0.00263. The van der Waals surface area contributed by atoms with Crippen LogP contribution in [0.2, 0.25) is 10.0 Å². The zero-order valence-electron chi connectivity index (χ0n) is 13.8. The van der Waals surface area contributed by atoms with E-state index in [1.807, 2.05) is 0 Å². The van der Waals surface area contributed by atoms with Gasteiger partial charge in [-0.2, -0.15) is 4.31 Å². The molecule has 1 saturated heterocycles. The van der Waals surface area contributed by atoms with Gasteiger partial charge in [-0.15, -0.1) is 0 Å². The highest BCUT2D eigenvalue weighted by atomic mass is 35.5. The van der Waals surface area contributed by atoms with Gasteiger partial charge in [0, 0.05) is 26.2 Å². The molecule has 0 spiro atoms. The van der Waals surface area contributed by atoms with Gasteiger partial charge in [-0.1, -0.05) is 29.3 Å². The van der Waals surface area contributed by atoms with Gasteiger partial charge in [-0.25, -0.2) is 17.2 Å². The summed E-state index contributed by atoms with van der Waals surface area (Å²) in [4.78, 5) is 13.5.